The average molecular weight is 290 g/mol. The van der Waals surface area contributed by atoms with Crippen LogP contribution < -0.4 is 18.9 Å². The summed E-state index contributed by atoms with van der Waals surface area (Å²) in [5, 5.41) is 11.1. The number of rotatable bonds is 0. The van der Waals surface area contributed by atoms with E-state index in [4.69, 9.17) is 0 Å². The van der Waals surface area contributed by atoms with Crippen molar-refractivity contribution in [2.24, 2.45) is 0 Å². The number of benzene rings is 4. The fourth-order valence-electron chi connectivity index (χ4n) is 3.36. The van der Waals surface area contributed by atoms with E-state index in [2.05, 4.69) is 72.8 Å². The van der Waals surface area contributed by atoms with Crippen LogP contribution in [0.15, 0.2) is 72.8 Å². The van der Waals surface area contributed by atoms with Crippen LogP contribution in [0.3, 0.4) is 0 Å². The summed E-state index contributed by atoms with van der Waals surface area (Å²) in [6.07, 6.45) is 0. The van der Waals surface area contributed by atoms with E-state index < -0.39 is 0 Å². The Balaban J connectivity index is 0.00000125. The van der Waals surface area contributed by atoms with Crippen molar-refractivity contribution in [2.45, 2.75) is 0 Å². The predicted molar refractivity (Wildman–Crippen MR) is 94.6 cm³/mol. The first kappa shape index (κ1) is 13.9. The second-order valence-corrected chi connectivity index (χ2v) is 6.66. The van der Waals surface area contributed by atoms with Gasteiger partial charge in [0.05, 0.1) is 0 Å². The van der Waals surface area contributed by atoms with Crippen LogP contribution in [0.2, 0.25) is 0 Å². The molecule has 0 spiro atoms. The zero-order chi connectivity index (χ0) is 13.8. The summed E-state index contributed by atoms with van der Waals surface area (Å²) in [5.74, 6) is 0. The topological polar surface area (TPSA) is 0 Å². The van der Waals surface area contributed by atoms with Gasteiger partial charge in [0.2, 0.25) is 0 Å². The summed E-state index contributed by atoms with van der Waals surface area (Å²) in [6, 6.07) is 26.5. The van der Waals surface area contributed by atoms with Crippen LogP contribution in [-0.4, -0.2) is 0 Å². The standard InChI is InChI=1S/C20H12P.Li/c1-3-7-15-13(5-1)9-11-17-19(15)20-16-8-4-2-6-14(16)10-12-18(20)21-17;/h1-12H;/q-1;+1. The molecule has 0 radical (unpaired) electrons. The van der Waals surface area contributed by atoms with Gasteiger partial charge < -0.3 is 8.19 Å². The Kier molecular flexibility index (Phi) is 3.28. The van der Waals surface area contributed by atoms with Gasteiger partial charge in [0, 0.05) is 0 Å². The minimum Gasteiger partial charge on any atom is -0.514 e. The van der Waals surface area contributed by atoms with E-state index in [1.807, 2.05) is 0 Å². The fraction of sp³-hybridized carbons (Fsp3) is 0. The molecule has 0 amide bonds. The molecule has 1 aromatic heterocycles. The summed E-state index contributed by atoms with van der Waals surface area (Å²) in [6.45, 7) is 0. The monoisotopic (exact) mass is 290 g/mol. The fourth-order valence-corrected chi connectivity index (χ4v) is 4.61. The number of hydrogen-bond donors (Lipinski definition) is 0. The van der Waals surface area contributed by atoms with Crippen molar-refractivity contribution in [2.75, 3.05) is 0 Å². The van der Waals surface area contributed by atoms with Gasteiger partial charge in [-0.2, -0.15) is 10.2 Å². The van der Waals surface area contributed by atoms with E-state index in [0.29, 0.717) is 0 Å². The molecule has 0 atom stereocenters. The van der Waals surface area contributed by atoms with Crippen LogP contribution in [0.25, 0.3) is 42.6 Å². The van der Waals surface area contributed by atoms with E-state index in [9.17, 15) is 0 Å². The van der Waals surface area contributed by atoms with Crippen molar-refractivity contribution >= 4 is 50.7 Å². The molecule has 5 rings (SSSR count). The molecule has 5 aromatic rings. The maximum atomic E-state index is 2.29. The zero-order valence-corrected chi connectivity index (χ0v) is 13.3. The van der Waals surface area contributed by atoms with Crippen molar-refractivity contribution in [3.63, 3.8) is 0 Å². The summed E-state index contributed by atoms with van der Waals surface area (Å²) in [7, 11) is 1.33. The first-order valence-corrected chi connectivity index (χ1v) is 8.07. The maximum absolute atomic E-state index is 2.29. The SMILES string of the molecule is [Li+].c1ccc2c(c1)ccc1[p-]c3ccc4ccccc4c3c12. The van der Waals surface area contributed by atoms with E-state index in [-0.39, 0.29) is 18.9 Å². The quantitative estimate of drug-likeness (QED) is 0.382. The van der Waals surface area contributed by atoms with Crippen molar-refractivity contribution in [3.05, 3.63) is 72.8 Å². The van der Waals surface area contributed by atoms with Gasteiger partial charge >= 0.3 is 18.9 Å². The van der Waals surface area contributed by atoms with Crippen LogP contribution in [0, 0.1) is 0 Å². The molecular weight excluding hydrogens is 278 g/mol. The van der Waals surface area contributed by atoms with E-state index in [1.165, 1.54) is 50.7 Å². The molecule has 0 N–H and O–H groups in total. The molecule has 0 bridgehead atoms. The molecule has 0 saturated heterocycles. The summed E-state index contributed by atoms with van der Waals surface area (Å²) in [5.41, 5.74) is 0. The minimum atomic E-state index is 0. The van der Waals surface area contributed by atoms with E-state index in [1.54, 1.807) is 0 Å². The molecule has 0 aliphatic heterocycles. The third-order valence-electron chi connectivity index (χ3n) is 4.30. The average Bonchev–Trinajstić information content (AvgIpc) is 2.94. The van der Waals surface area contributed by atoms with E-state index >= 15 is 0 Å². The van der Waals surface area contributed by atoms with Crippen LogP contribution >= 0.6 is 8.19 Å². The number of fused-ring (bicyclic) bond motifs is 7. The van der Waals surface area contributed by atoms with Gasteiger partial charge in [0.25, 0.3) is 0 Å². The van der Waals surface area contributed by atoms with Gasteiger partial charge in [0.1, 0.15) is 0 Å². The zero-order valence-electron chi connectivity index (χ0n) is 12.4. The first-order valence-electron chi connectivity index (χ1n) is 7.17. The first-order chi connectivity index (χ1) is 10.4. The minimum absolute atomic E-state index is 0. The molecular formula is C20H12LiP. The summed E-state index contributed by atoms with van der Waals surface area (Å²) < 4.78 is 0. The molecule has 98 valence electrons. The Labute approximate surface area is 142 Å². The van der Waals surface area contributed by atoms with Crippen LogP contribution in [0.5, 0.6) is 0 Å². The van der Waals surface area contributed by atoms with Gasteiger partial charge in [-0.05, 0) is 32.3 Å². The van der Waals surface area contributed by atoms with Crippen LogP contribution in [0.4, 0.5) is 0 Å². The van der Waals surface area contributed by atoms with E-state index in [0.717, 1.165) is 0 Å². The molecule has 0 nitrogen and oxygen atoms in total. The third-order valence-corrected chi connectivity index (χ3v) is 5.53. The Morgan fingerprint density at radius 2 is 0.955 bits per heavy atom. The Morgan fingerprint density at radius 3 is 1.45 bits per heavy atom. The summed E-state index contributed by atoms with van der Waals surface area (Å²) in [4.78, 5) is 0. The second-order valence-electron chi connectivity index (χ2n) is 5.47. The second kappa shape index (κ2) is 5.19. The van der Waals surface area contributed by atoms with Gasteiger partial charge in [-0.3, -0.25) is 0 Å². The Hall–Kier alpha value is -1.70. The molecule has 0 unspecified atom stereocenters. The smallest absolute Gasteiger partial charge is 0.514 e. The molecule has 0 aliphatic rings. The molecule has 4 aromatic carbocycles. The van der Waals surface area contributed by atoms with Crippen LogP contribution in [-0.2, 0) is 0 Å². The molecule has 0 aliphatic carbocycles. The molecule has 0 saturated carbocycles. The maximum Gasteiger partial charge on any atom is 1.00 e. The van der Waals surface area contributed by atoms with Crippen molar-refractivity contribution in [1.29, 1.82) is 0 Å². The molecule has 2 heteroatoms. The summed E-state index contributed by atoms with van der Waals surface area (Å²) >= 11 is 0. The van der Waals surface area contributed by atoms with Crippen molar-refractivity contribution in [1.82, 2.24) is 0 Å². The largest absolute Gasteiger partial charge is 1.00 e. The van der Waals surface area contributed by atoms with Gasteiger partial charge in [-0.15, -0.1) is 0 Å². The van der Waals surface area contributed by atoms with Crippen LogP contribution in [0.1, 0.15) is 0 Å². The number of hydrogen-bond acceptors (Lipinski definition) is 0. The molecule has 1 heterocycles. The van der Waals surface area contributed by atoms with Gasteiger partial charge in [0.15, 0.2) is 0 Å². The Bertz CT molecular complexity index is 1050. The van der Waals surface area contributed by atoms with Crippen molar-refractivity contribution < 1.29 is 18.9 Å². The Morgan fingerprint density at radius 1 is 0.500 bits per heavy atom. The molecule has 22 heavy (non-hydrogen) atoms. The van der Waals surface area contributed by atoms with Gasteiger partial charge in [-0.1, -0.05) is 72.8 Å². The third kappa shape index (κ3) is 1.86. The predicted octanol–water partition coefficient (Wildman–Crippen LogP) is 3.60. The normalized spacial score (nSPS) is 11.3. The van der Waals surface area contributed by atoms with Gasteiger partial charge in [-0.25, -0.2) is 0 Å². The van der Waals surface area contributed by atoms with Crippen molar-refractivity contribution in [3.8, 4) is 0 Å². The molecule has 0 fully saturated rings.